The van der Waals surface area contributed by atoms with Crippen molar-refractivity contribution >= 4 is 22.2 Å². The molecule has 3 aromatic heterocycles. The number of nitrogens with zero attached hydrogens (tertiary/aromatic N) is 4. The second-order valence-corrected chi connectivity index (χ2v) is 9.11. The maximum absolute atomic E-state index is 13.2. The molecular weight excluding hydrogens is 493 g/mol. The van der Waals surface area contributed by atoms with Gasteiger partial charge in [0, 0.05) is 41.0 Å². The Bertz CT molecular complexity index is 1590. The molecule has 0 bridgehead atoms. The summed E-state index contributed by atoms with van der Waals surface area (Å²) in [6, 6.07) is 16.8. The van der Waals surface area contributed by atoms with Crippen molar-refractivity contribution < 1.29 is 13.9 Å². The zero-order chi connectivity index (χ0) is 25.8. The third-order valence-electron chi connectivity index (χ3n) is 5.74. The molecule has 0 unspecified atom stereocenters. The maximum Gasteiger partial charge on any atom is 0.266 e. The number of amides is 1. The SMILES string of the molecule is CCOc1ccc(-c2ccc(=O)n(CCNC(=O)Cc3csc4nc(-c5ccc(F)cc5)cn34)n2)cc1. The second-order valence-electron chi connectivity index (χ2n) is 8.28. The number of carbonyl (C=O) groups excluding carboxylic acids is 1. The van der Waals surface area contributed by atoms with Crippen LogP contribution in [0.15, 0.2) is 77.0 Å². The van der Waals surface area contributed by atoms with Crippen LogP contribution in [0.2, 0.25) is 0 Å². The molecule has 8 nitrogen and oxygen atoms in total. The number of imidazole rings is 1. The van der Waals surface area contributed by atoms with Crippen LogP contribution in [0, 0.1) is 5.82 Å². The number of halogens is 1. The van der Waals surface area contributed by atoms with Gasteiger partial charge in [0.2, 0.25) is 5.91 Å². The fourth-order valence-electron chi connectivity index (χ4n) is 3.90. The first-order chi connectivity index (χ1) is 18.0. The first-order valence-corrected chi connectivity index (χ1v) is 12.7. The van der Waals surface area contributed by atoms with Gasteiger partial charge in [0.15, 0.2) is 4.96 Å². The molecule has 5 aromatic rings. The van der Waals surface area contributed by atoms with E-state index in [9.17, 15) is 14.0 Å². The van der Waals surface area contributed by atoms with E-state index in [4.69, 9.17) is 4.74 Å². The summed E-state index contributed by atoms with van der Waals surface area (Å²) in [6.07, 6.45) is 2.01. The highest BCUT2D eigenvalue weighted by atomic mass is 32.1. The van der Waals surface area contributed by atoms with Crippen LogP contribution in [-0.2, 0) is 17.8 Å². The van der Waals surface area contributed by atoms with Crippen molar-refractivity contribution in [2.45, 2.75) is 19.9 Å². The van der Waals surface area contributed by atoms with Crippen molar-refractivity contribution in [1.82, 2.24) is 24.5 Å². The smallest absolute Gasteiger partial charge is 0.266 e. The molecule has 1 amide bonds. The number of hydrogen-bond donors (Lipinski definition) is 1. The number of rotatable bonds is 9. The predicted octanol–water partition coefficient (Wildman–Crippen LogP) is 4.18. The van der Waals surface area contributed by atoms with E-state index in [1.807, 2.05) is 47.2 Å². The van der Waals surface area contributed by atoms with E-state index in [1.54, 1.807) is 18.2 Å². The van der Waals surface area contributed by atoms with Gasteiger partial charge in [0.05, 0.1) is 31.0 Å². The lowest BCUT2D eigenvalue weighted by Crippen LogP contribution is -2.32. The minimum Gasteiger partial charge on any atom is -0.494 e. The topological polar surface area (TPSA) is 90.5 Å². The largest absolute Gasteiger partial charge is 0.494 e. The van der Waals surface area contributed by atoms with Gasteiger partial charge in [-0.15, -0.1) is 11.3 Å². The molecule has 37 heavy (non-hydrogen) atoms. The quantitative estimate of drug-likeness (QED) is 0.317. The Morgan fingerprint density at radius 3 is 2.51 bits per heavy atom. The van der Waals surface area contributed by atoms with Crippen LogP contribution in [0.4, 0.5) is 4.39 Å². The Balaban J connectivity index is 1.20. The minimum atomic E-state index is -0.303. The van der Waals surface area contributed by atoms with Gasteiger partial charge < -0.3 is 10.1 Å². The van der Waals surface area contributed by atoms with Gasteiger partial charge in [-0.3, -0.25) is 14.0 Å². The van der Waals surface area contributed by atoms with Crippen LogP contribution in [0.3, 0.4) is 0 Å². The Kier molecular flexibility index (Phi) is 7.09. The number of thiazole rings is 1. The summed E-state index contributed by atoms with van der Waals surface area (Å²) in [4.78, 5) is 30.2. The zero-order valence-corrected chi connectivity index (χ0v) is 20.9. The van der Waals surface area contributed by atoms with Crippen molar-refractivity contribution in [1.29, 1.82) is 0 Å². The van der Waals surface area contributed by atoms with Crippen LogP contribution in [0.1, 0.15) is 12.6 Å². The molecule has 10 heteroatoms. The van der Waals surface area contributed by atoms with Crippen LogP contribution >= 0.6 is 11.3 Å². The molecule has 2 aromatic carbocycles. The van der Waals surface area contributed by atoms with E-state index in [-0.39, 0.29) is 36.8 Å². The van der Waals surface area contributed by atoms with Crippen LogP contribution in [0.25, 0.3) is 27.5 Å². The number of nitrogens with one attached hydrogen (secondary N) is 1. The summed E-state index contributed by atoms with van der Waals surface area (Å²) < 4.78 is 21.9. The monoisotopic (exact) mass is 517 g/mol. The summed E-state index contributed by atoms with van der Waals surface area (Å²) in [7, 11) is 0. The fourth-order valence-corrected chi connectivity index (χ4v) is 4.77. The molecular formula is C27H24FN5O3S. The van der Waals surface area contributed by atoms with Crippen molar-refractivity contribution in [3.05, 3.63) is 94.1 Å². The van der Waals surface area contributed by atoms with E-state index < -0.39 is 0 Å². The molecule has 0 spiro atoms. The van der Waals surface area contributed by atoms with E-state index in [0.29, 0.717) is 18.0 Å². The molecule has 0 aliphatic heterocycles. The molecule has 0 atom stereocenters. The average molecular weight is 518 g/mol. The Morgan fingerprint density at radius 1 is 1.03 bits per heavy atom. The molecule has 5 rings (SSSR count). The highest BCUT2D eigenvalue weighted by Crippen LogP contribution is 2.24. The van der Waals surface area contributed by atoms with Crippen LogP contribution in [-0.4, -0.2) is 38.2 Å². The third kappa shape index (κ3) is 5.59. The van der Waals surface area contributed by atoms with Gasteiger partial charge in [-0.25, -0.2) is 14.1 Å². The molecule has 0 aliphatic carbocycles. The predicted molar refractivity (Wildman–Crippen MR) is 140 cm³/mol. The summed E-state index contributed by atoms with van der Waals surface area (Å²) in [6.45, 7) is 3.02. The molecule has 0 aliphatic rings. The van der Waals surface area contributed by atoms with E-state index in [2.05, 4.69) is 15.4 Å². The normalized spacial score (nSPS) is 11.1. The molecule has 3 heterocycles. The molecule has 1 N–H and O–H groups in total. The molecule has 0 saturated carbocycles. The summed E-state index contributed by atoms with van der Waals surface area (Å²) in [5, 5.41) is 9.20. The van der Waals surface area contributed by atoms with Crippen molar-refractivity contribution in [3.8, 4) is 28.3 Å². The van der Waals surface area contributed by atoms with E-state index >= 15 is 0 Å². The van der Waals surface area contributed by atoms with E-state index in [1.165, 1.54) is 34.2 Å². The van der Waals surface area contributed by atoms with Crippen molar-refractivity contribution in [2.75, 3.05) is 13.2 Å². The van der Waals surface area contributed by atoms with Gasteiger partial charge in [0.25, 0.3) is 5.56 Å². The minimum absolute atomic E-state index is 0.160. The third-order valence-corrected chi connectivity index (χ3v) is 6.63. The number of hydrogen-bond acceptors (Lipinski definition) is 6. The zero-order valence-electron chi connectivity index (χ0n) is 20.1. The van der Waals surface area contributed by atoms with Gasteiger partial charge >= 0.3 is 0 Å². The van der Waals surface area contributed by atoms with Gasteiger partial charge in [-0.1, -0.05) is 0 Å². The maximum atomic E-state index is 13.2. The highest BCUT2D eigenvalue weighted by Gasteiger charge is 2.13. The average Bonchev–Trinajstić information content (AvgIpc) is 3.48. The standard InChI is InChI=1S/C27H24FN5O3S/c1-2-36-22-9-5-18(6-10-22)23-11-12-26(35)33(31-23)14-13-29-25(34)15-21-17-37-27-30-24(16-32(21)27)19-3-7-20(28)8-4-19/h3-12,16-17H,2,13-15H2,1H3,(H,29,34). The van der Waals surface area contributed by atoms with Gasteiger partial charge in [0.1, 0.15) is 11.6 Å². The number of benzene rings is 2. The Labute approximate surface area is 216 Å². The van der Waals surface area contributed by atoms with Crippen LogP contribution < -0.4 is 15.6 Å². The summed E-state index contributed by atoms with van der Waals surface area (Å²) in [5.41, 5.74) is 3.60. The lowest BCUT2D eigenvalue weighted by atomic mass is 10.1. The van der Waals surface area contributed by atoms with Crippen molar-refractivity contribution in [3.63, 3.8) is 0 Å². The highest BCUT2D eigenvalue weighted by molar-refractivity contribution is 7.15. The van der Waals surface area contributed by atoms with Crippen molar-refractivity contribution in [2.24, 2.45) is 0 Å². The first kappa shape index (κ1) is 24.4. The van der Waals surface area contributed by atoms with Gasteiger partial charge in [-0.2, -0.15) is 5.10 Å². The molecule has 0 saturated heterocycles. The first-order valence-electron chi connectivity index (χ1n) is 11.8. The van der Waals surface area contributed by atoms with E-state index in [0.717, 1.165) is 27.5 Å². The number of ether oxygens (including phenoxy) is 1. The number of fused-ring (bicyclic) bond motifs is 1. The molecule has 0 radical (unpaired) electrons. The molecule has 188 valence electrons. The Morgan fingerprint density at radius 2 is 1.76 bits per heavy atom. The lowest BCUT2D eigenvalue weighted by molar-refractivity contribution is -0.120. The fraction of sp³-hybridized carbons (Fsp3) is 0.185. The van der Waals surface area contributed by atoms with Gasteiger partial charge in [-0.05, 0) is 61.5 Å². The Hall–Kier alpha value is -4.31. The summed E-state index contributed by atoms with van der Waals surface area (Å²) >= 11 is 1.43. The molecule has 0 fully saturated rings. The lowest BCUT2D eigenvalue weighted by Gasteiger charge is -2.09. The second kappa shape index (κ2) is 10.8. The van der Waals surface area contributed by atoms with Crippen LogP contribution in [0.5, 0.6) is 5.75 Å². The number of carbonyl (C=O) groups is 1. The summed E-state index contributed by atoms with van der Waals surface area (Å²) in [5.74, 6) is 0.294. The number of aromatic nitrogens is 4.